The van der Waals surface area contributed by atoms with E-state index in [1.807, 2.05) is 13.0 Å². The maximum Gasteiger partial charge on any atom is 0.301 e. The molecule has 0 bridgehead atoms. The lowest BCUT2D eigenvalue weighted by Crippen LogP contribution is -2.29. The number of rotatable bonds is 10. The van der Waals surface area contributed by atoms with Gasteiger partial charge in [0.2, 0.25) is 5.13 Å². The van der Waals surface area contributed by atoms with E-state index in [9.17, 15) is 19.8 Å². The maximum atomic E-state index is 13.6. The van der Waals surface area contributed by atoms with Gasteiger partial charge in [-0.2, -0.15) is 0 Å². The van der Waals surface area contributed by atoms with Crippen LogP contribution in [-0.4, -0.2) is 45.3 Å². The van der Waals surface area contributed by atoms with Crippen LogP contribution in [0.4, 0.5) is 5.13 Å². The summed E-state index contributed by atoms with van der Waals surface area (Å²) in [5, 5.41) is 31.4. The normalized spacial score (nSPS) is 16.1. The Morgan fingerprint density at radius 2 is 1.74 bits per heavy atom. The molecule has 0 saturated carbocycles. The second kappa shape index (κ2) is 13.3. The van der Waals surface area contributed by atoms with Gasteiger partial charge in [0.25, 0.3) is 5.78 Å². The van der Waals surface area contributed by atoms with Crippen LogP contribution in [0.5, 0.6) is 17.2 Å². The zero-order valence-electron chi connectivity index (χ0n) is 22.9. The van der Waals surface area contributed by atoms with Gasteiger partial charge in [-0.05, 0) is 73.5 Å². The van der Waals surface area contributed by atoms with Crippen LogP contribution in [0.3, 0.4) is 0 Å². The van der Waals surface area contributed by atoms with Crippen molar-refractivity contribution in [3.63, 3.8) is 0 Å². The molecule has 5 rings (SSSR count). The number of aliphatic hydroxyl groups is 1. The van der Waals surface area contributed by atoms with Crippen LogP contribution in [0, 0.1) is 0 Å². The fourth-order valence-corrected chi connectivity index (χ4v) is 6.91. The second-order valence-electron chi connectivity index (χ2n) is 9.16. The van der Waals surface area contributed by atoms with Crippen molar-refractivity contribution in [2.75, 3.05) is 18.1 Å². The number of anilines is 1. The van der Waals surface area contributed by atoms with Crippen molar-refractivity contribution < 1.29 is 29.3 Å². The van der Waals surface area contributed by atoms with Crippen molar-refractivity contribution in [1.29, 1.82) is 0 Å². The molecule has 1 amide bonds. The number of aromatic nitrogens is 2. The average molecular weight is 659 g/mol. The van der Waals surface area contributed by atoms with Crippen LogP contribution >= 0.6 is 46.3 Å². The number of carbonyl (C=O) groups excluding carboxylic acids is 2. The topological polar surface area (TPSA) is 122 Å². The second-order valence-corrected chi connectivity index (χ2v) is 12.2. The molecule has 1 fully saturated rings. The highest BCUT2D eigenvalue weighted by Gasteiger charge is 2.48. The standard InChI is InChI=1S/C30H25Cl2N3O6S2/c1-3-40-20-10-6-16(7-11-20)26(37)24-25(17-8-12-22(36)23(13-17)41-4-2)35(28(39)27(24)38)29-33-34-30(43-29)42-15-18-5-9-19(31)14-21(18)32/h5-14,25,36-37H,3-4,15H2,1-2H3/b26-24-. The first-order valence-electron chi connectivity index (χ1n) is 13.1. The van der Waals surface area contributed by atoms with E-state index in [2.05, 4.69) is 10.2 Å². The van der Waals surface area contributed by atoms with Gasteiger partial charge in [-0.1, -0.05) is 58.4 Å². The summed E-state index contributed by atoms with van der Waals surface area (Å²) in [6.07, 6.45) is 0. The smallest absolute Gasteiger partial charge is 0.301 e. The largest absolute Gasteiger partial charge is 0.507 e. The highest BCUT2D eigenvalue weighted by Crippen LogP contribution is 2.45. The minimum atomic E-state index is -1.08. The molecule has 1 saturated heterocycles. The number of aromatic hydroxyl groups is 1. The number of aliphatic hydroxyl groups excluding tert-OH is 1. The summed E-state index contributed by atoms with van der Waals surface area (Å²) in [6.45, 7) is 4.36. The van der Waals surface area contributed by atoms with Gasteiger partial charge in [0.05, 0.1) is 24.8 Å². The number of ketones is 1. The van der Waals surface area contributed by atoms with Crippen molar-refractivity contribution in [2.45, 2.75) is 30.0 Å². The van der Waals surface area contributed by atoms with E-state index in [4.69, 9.17) is 32.7 Å². The number of thioether (sulfide) groups is 1. The minimum Gasteiger partial charge on any atom is -0.507 e. The number of hydrogen-bond acceptors (Lipinski definition) is 10. The summed E-state index contributed by atoms with van der Waals surface area (Å²) in [4.78, 5) is 28.3. The molecule has 1 aromatic heterocycles. The summed E-state index contributed by atoms with van der Waals surface area (Å²) in [6, 6.07) is 15.2. The van der Waals surface area contributed by atoms with Gasteiger partial charge in [-0.15, -0.1) is 10.2 Å². The van der Waals surface area contributed by atoms with E-state index in [0.717, 1.165) is 16.9 Å². The number of Topliss-reactive ketones (excluding diaryl/α,β-unsaturated/α-hetero) is 1. The number of ether oxygens (including phenoxy) is 2. The molecule has 1 aliphatic rings. The van der Waals surface area contributed by atoms with Crippen molar-refractivity contribution in [3.8, 4) is 17.2 Å². The Morgan fingerprint density at radius 1 is 1.00 bits per heavy atom. The number of phenols is 1. The van der Waals surface area contributed by atoms with Gasteiger partial charge < -0.3 is 19.7 Å². The third-order valence-corrected chi connectivity index (χ3v) is 9.14. The molecule has 13 heteroatoms. The third-order valence-electron chi connectivity index (χ3n) is 6.45. The zero-order valence-corrected chi connectivity index (χ0v) is 26.1. The number of hydrogen-bond donors (Lipinski definition) is 2. The maximum absolute atomic E-state index is 13.6. The Hall–Kier alpha value is -3.77. The number of nitrogens with zero attached hydrogens (tertiary/aromatic N) is 3. The molecule has 1 aliphatic heterocycles. The van der Waals surface area contributed by atoms with Gasteiger partial charge in [0.1, 0.15) is 11.5 Å². The monoisotopic (exact) mass is 657 g/mol. The molecule has 3 aromatic carbocycles. The number of carbonyl (C=O) groups is 2. The lowest BCUT2D eigenvalue weighted by atomic mass is 9.95. The molecular weight excluding hydrogens is 633 g/mol. The molecule has 0 radical (unpaired) electrons. The molecule has 1 atom stereocenters. The van der Waals surface area contributed by atoms with Gasteiger partial charge in [0, 0.05) is 21.4 Å². The molecule has 2 N–H and O–H groups in total. The number of benzene rings is 3. The molecule has 0 spiro atoms. The highest BCUT2D eigenvalue weighted by molar-refractivity contribution is 8.00. The van der Waals surface area contributed by atoms with E-state index in [0.29, 0.717) is 43.6 Å². The molecule has 2 heterocycles. The van der Waals surface area contributed by atoms with Crippen molar-refractivity contribution >= 4 is 68.9 Å². The van der Waals surface area contributed by atoms with Crippen LogP contribution in [0.15, 0.2) is 70.6 Å². The SMILES string of the molecule is CCOc1ccc(/C(O)=C2/C(=O)C(=O)N(c3nnc(SCc4ccc(Cl)cc4Cl)s3)C2c2ccc(O)c(OCC)c2)cc1. The summed E-state index contributed by atoms with van der Waals surface area (Å²) in [7, 11) is 0. The molecule has 43 heavy (non-hydrogen) atoms. The molecule has 1 unspecified atom stereocenters. The van der Waals surface area contributed by atoms with E-state index in [-0.39, 0.29) is 34.6 Å². The van der Waals surface area contributed by atoms with E-state index in [1.54, 1.807) is 49.4 Å². The quantitative estimate of drug-likeness (QED) is 0.0596. The average Bonchev–Trinajstić information content (AvgIpc) is 3.56. The predicted octanol–water partition coefficient (Wildman–Crippen LogP) is 7.27. The molecule has 9 nitrogen and oxygen atoms in total. The van der Waals surface area contributed by atoms with Gasteiger partial charge in [-0.25, -0.2) is 0 Å². The lowest BCUT2D eigenvalue weighted by Gasteiger charge is -2.23. The molecule has 4 aromatic rings. The van der Waals surface area contributed by atoms with Crippen LogP contribution in [0.2, 0.25) is 10.0 Å². The third kappa shape index (κ3) is 6.45. The fraction of sp³-hybridized carbons (Fsp3) is 0.200. The van der Waals surface area contributed by atoms with Gasteiger partial charge in [-0.3, -0.25) is 14.5 Å². The summed E-state index contributed by atoms with van der Waals surface area (Å²) in [5.41, 5.74) is 1.45. The zero-order chi connectivity index (χ0) is 30.7. The number of phenolic OH excluding ortho intramolecular Hbond substituents is 1. The minimum absolute atomic E-state index is 0.107. The first-order valence-corrected chi connectivity index (χ1v) is 15.7. The van der Waals surface area contributed by atoms with Crippen molar-refractivity contribution in [2.24, 2.45) is 0 Å². The fourth-order valence-electron chi connectivity index (χ4n) is 4.48. The highest BCUT2D eigenvalue weighted by atomic mass is 35.5. The van der Waals surface area contributed by atoms with E-state index < -0.39 is 17.7 Å². The van der Waals surface area contributed by atoms with Crippen LogP contribution in [0.1, 0.15) is 36.6 Å². The van der Waals surface area contributed by atoms with Gasteiger partial charge >= 0.3 is 5.91 Å². The van der Waals surface area contributed by atoms with Gasteiger partial charge in [0.15, 0.2) is 15.8 Å². The van der Waals surface area contributed by atoms with Crippen LogP contribution in [-0.2, 0) is 15.3 Å². The van der Waals surface area contributed by atoms with Crippen LogP contribution in [0.25, 0.3) is 5.76 Å². The summed E-state index contributed by atoms with van der Waals surface area (Å²) in [5.74, 6) is -1.01. The predicted molar refractivity (Wildman–Crippen MR) is 168 cm³/mol. The van der Waals surface area contributed by atoms with E-state index >= 15 is 0 Å². The molecule has 0 aliphatic carbocycles. The lowest BCUT2D eigenvalue weighted by molar-refractivity contribution is -0.132. The summed E-state index contributed by atoms with van der Waals surface area (Å²) < 4.78 is 11.6. The Bertz CT molecular complexity index is 1710. The van der Waals surface area contributed by atoms with E-state index in [1.165, 1.54) is 28.8 Å². The van der Waals surface area contributed by atoms with Crippen molar-refractivity contribution in [1.82, 2.24) is 10.2 Å². The Labute approximate surface area is 265 Å². The molecular formula is C30H25Cl2N3O6S2. The Morgan fingerprint density at radius 3 is 2.44 bits per heavy atom. The number of halogens is 2. The Balaban J connectivity index is 1.55. The first kappa shape index (κ1) is 30.7. The first-order chi connectivity index (χ1) is 20.7. The van der Waals surface area contributed by atoms with Crippen molar-refractivity contribution in [3.05, 3.63) is 93.0 Å². The molecule has 222 valence electrons. The van der Waals surface area contributed by atoms with Crippen LogP contribution < -0.4 is 14.4 Å². The summed E-state index contributed by atoms with van der Waals surface area (Å²) >= 11 is 14.8. The Kier molecular flexibility index (Phi) is 9.46. The number of amides is 1.